The van der Waals surface area contributed by atoms with E-state index in [1.165, 1.54) is 5.56 Å². The van der Waals surface area contributed by atoms with E-state index in [4.69, 9.17) is 0 Å². The van der Waals surface area contributed by atoms with Crippen molar-refractivity contribution in [2.75, 3.05) is 17.3 Å². The number of hydrogen-bond donors (Lipinski definition) is 2. The SMILES string of the molecule is CC(CS(C)=O)NC1=NCc2ccccc2N1. The summed E-state index contributed by atoms with van der Waals surface area (Å²) in [6, 6.07) is 8.26. The Labute approximate surface area is 104 Å². The van der Waals surface area contributed by atoms with Crippen LogP contribution in [0.2, 0.25) is 0 Å². The molecule has 2 N–H and O–H groups in total. The van der Waals surface area contributed by atoms with Crippen LogP contribution < -0.4 is 10.6 Å². The second-order valence-electron chi connectivity index (χ2n) is 4.23. The monoisotopic (exact) mass is 251 g/mol. The van der Waals surface area contributed by atoms with Crippen LogP contribution in [0.4, 0.5) is 5.69 Å². The smallest absolute Gasteiger partial charge is 0.196 e. The van der Waals surface area contributed by atoms with Gasteiger partial charge in [-0.1, -0.05) is 18.2 Å². The van der Waals surface area contributed by atoms with E-state index in [2.05, 4.69) is 21.7 Å². The Balaban J connectivity index is 1.97. The zero-order chi connectivity index (χ0) is 12.3. The molecule has 5 heteroatoms. The van der Waals surface area contributed by atoms with E-state index in [0.717, 1.165) is 11.6 Å². The second-order valence-corrected chi connectivity index (χ2v) is 5.71. The van der Waals surface area contributed by atoms with E-state index in [1.54, 1.807) is 6.26 Å². The maximum atomic E-state index is 11.1. The van der Waals surface area contributed by atoms with Crippen LogP contribution in [0.25, 0.3) is 0 Å². The highest BCUT2D eigenvalue weighted by atomic mass is 32.2. The van der Waals surface area contributed by atoms with Gasteiger partial charge in [0.2, 0.25) is 0 Å². The Hall–Kier alpha value is -1.36. The zero-order valence-electron chi connectivity index (χ0n) is 10.1. The largest absolute Gasteiger partial charge is 0.353 e. The molecule has 1 aliphatic rings. The van der Waals surface area contributed by atoms with Gasteiger partial charge in [0.15, 0.2) is 5.96 Å². The van der Waals surface area contributed by atoms with Crippen LogP contribution in [0.5, 0.6) is 0 Å². The van der Waals surface area contributed by atoms with Crippen LogP contribution in [-0.4, -0.2) is 28.2 Å². The van der Waals surface area contributed by atoms with Crippen molar-refractivity contribution in [1.82, 2.24) is 5.32 Å². The molecule has 92 valence electrons. The maximum Gasteiger partial charge on any atom is 0.196 e. The first kappa shape index (κ1) is 12.1. The lowest BCUT2D eigenvalue weighted by Gasteiger charge is -2.22. The van der Waals surface area contributed by atoms with Crippen molar-refractivity contribution < 1.29 is 4.21 Å². The lowest BCUT2D eigenvalue weighted by Crippen LogP contribution is -2.41. The average molecular weight is 251 g/mol. The van der Waals surface area contributed by atoms with E-state index in [0.29, 0.717) is 12.3 Å². The van der Waals surface area contributed by atoms with Gasteiger partial charge in [-0.05, 0) is 18.6 Å². The number of para-hydroxylation sites is 1. The van der Waals surface area contributed by atoms with Gasteiger partial charge >= 0.3 is 0 Å². The van der Waals surface area contributed by atoms with Gasteiger partial charge in [0, 0.05) is 34.5 Å². The van der Waals surface area contributed by atoms with Crippen molar-refractivity contribution in [2.45, 2.75) is 19.5 Å². The van der Waals surface area contributed by atoms with Crippen LogP contribution >= 0.6 is 0 Å². The fraction of sp³-hybridized carbons (Fsp3) is 0.417. The normalized spacial score (nSPS) is 17.4. The van der Waals surface area contributed by atoms with E-state index in [9.17, 15) is 4.21 Å². The van der Waals surface area contributed by atoms with E-state index < -0.39 is 10.8 Å². The third-order valence-corrected chi connectivity index (χ3v) is 3.52. The van der Waals surface area contributed by atoms with Crippen molar-refractivity contribution in [3.8, 4) is 0 Å². The molecule has 0 bridgehead atoms. The van der Waals surface area contributed by atoms with Crippen LogP contribution in [0.3, 0.4) is 0 Å². The molecular formula is C12H17N3OS. The topological polar surface area (TPSA) is 53.5 Å². The number of aliphatic imine (C=N–C) groups is 1. The lowest BCUT2D eigenvalue weighted by molar-refractivity contribution is 0.670. The summed E-state index contributed by atoms with van der Waals surface area (Å²) in [6.45, 7) is 2.69. The Morgan fingerprint density at radius 3 is 3.06 bits per heavy atom. The quantitative estimate of drug-likeness (QED) is 0.852. The molecule has 2 unspecified atom stereocenters. The third-order valence-electron chi connectivity index (χ3n) is 2.55. The molecule has 0 aromatic heterocycles. The van der Waals surface area contributed by atoms with Crippen molar-refractivity contribution in [2.24, 2.45) is 4.99 Å². The van der Waals surface area contributed by atoms with E-state index in [1.807, 2.05) is 25.1 Å². The summed E-state index contributed by atoms with van der Waals surface area (Å²) in [4.78, 5) is 4.41. The number of benzene rings is 1. The molecule has 0 fully saturated rings. The molecule has 0 radical (unpaired) electrons. The first-order valence-corrected chi connectivity index (χ1v) is 7.34. The Morgan fingerprint density at radius 2 is 2.29 bits per heavy atom. The summed E-state index contributed by atoms with van der Waals surface area (Å²) in [5.41, 5.74) is 2.29. The third kappa shape index (κ3) is 3.30. The van der Waals surface area contributed by atoms with Gasteiger partial charge in [0.1, 0.15) is 0 Å². The Kier molecular flexibility index (Phi) is 3.78. The Bertz CT molecular complexity index is 459. The molecule has 0 saturated heterocycles. The fourth-order valence-electron chi connectivity index (χ4n) is 1.82. The van der Waals surface area contributed by atoms with Gasteiger partial charge in [0.25, 0.3) is 0 Å². The highest BCUT2D eigenvalue weighted by molar-refractivity contribution is 7.84. The standard InChI is InChI=1S/C12H17N3OS/c1-9(8-17(2)16)14-12-13-7-10-5-3-4-6-11(10)15-12/h3-6,9H,7-8H2,1-2H3,(H2,13,14,15). The minimum Gasteiger partial charge on any atom is -0.353 e. The van der Waals surface area contributed by atoms with Gasteiger partial charge in [-0.3, -0.25) is 4.21 Å². The molecule has 1 heterocycles. The number of guanidine groups is 1. The van der Waals surface area contributed by atoms with Gasteiger partial charge < -0.3 is 10.6 Å². The minimum atomic E-state index is -0.790. The summed E-state index contributed by atoms with van der Waals surface area (Å²) in [7, 11) is -0.790. The zero-order valence-corrected chi connectivity index (χ0v) is 10.9. The molecule has 0 amide bonds. The number of fused-ring (bicyclic) bond motifs is 1. The highest BCUT2D eigenvalue weighted by Gasteiger charge is 2.12. The second kappa shape index (κ2) is 5.31. The minimum absolute atomic E-state index is 0.150. The number of nitrogens with zero attached hydrogens (tertiary/aromatic N) is 1. The van der Waals surface area contributed by atoms with Crippen LogP contribution in [0.15, 0.2) is 29.3 Å². The first-order chi connectivity index (χ1) is 8.15. The molecule has 0 aliphatic carbocycles. The molecule has 1 aliphatic heterocycles. The molecule has 0 spiro atoms. The number of rotatable bonds is 3. The average Bonchev–Trinajstić information content (AvgIpc) is 2.27. The van der Waals surface area contributed by atoms with Crippen LogP contribution in [-0.2, 0) is 17.3 Å². The van der Waals surface area contributed by atoms with Crippen molar-refractivity contribution >= 4 is 22.4 Å². The van der Waals surface area contributed by atoms with Crippen molar-refractivity contribution in [3.63, 3.8) is 0 Å². The predicted molar refractivity (Wildman–Crippen MR) is 72.7 cm³/mol. The molecule has 17 heavy (non-hydrogen) atoms. The fourth-order valence-corrected chi connectivity index (χ4v) is 2.61. The summed E-state index contributed by atoms with van der Waals surface area (Å²) >= 11 is 0. The molecular weight excluding hydrogens is 234 g/mol. The number of hydrogen-bond acceptors (Lipinski definition) is 4. The number of anilines is 1. The van der Waals surface area contributed by atoms with E-state index >= 15 is 0 Å². The van der Waals surface area contributed by atoms with Crippen LogP contribution in [0, 0.1) is 0 Å². The van der Waals surface area contributed by atoms with Gasteiger partial charge in [-0.2, -0.15) is 0 Å². The van der Waals surface area contributed by atoms with Crippen LogP contribution in [0.1, 0.15) is 12.5 Å². The van der Waals surface area contributed by atoms with E-state index in [-0.39, 0.29) is 6.04 Å². The molecule has 1 aromatic rings. The summed E-state index contributed by atoms with van der Waals surface area (Å²) in [5, 5.41) is 6.48. The summed E-state index contributed by atoms with van der Waals surface area (Å²) in [6.07, 6.45) is 1.71. The maximum absolute atomic E-state index is 11.1. The molecule has 1 aromatic carbocycles. The lowest BCUT2D eigenvalue weighted by atomic mass is 10.1. The molecule has 2 rings (SSSR count). The Morgan fingerprint density at radius 1 is 1.53 bits per heavy atom. The van der Waals surface area contributed by atoms with Gasteiger partial charge in [0.05, 0.1) is 6.54 Å². The summed E-state index contributed by atoms with van der Waals surface area (Å²) < 4.78 is 11.1. The molecule has 0 saturated carbocycles. The van der Waals surface area contributed by atoms with Gasteiger partial charge in [-0.25, -0.2) is 4.99 Å². The predicted octanol–water partition coefficient (Wildman–Crippen LogP) is 1.32. The van der Waals surface area contributed by atoms with Crippen molar-refractivity contribution in [1.29, 1.82) is 0 Å². The van der Waals surface area contributed by atoms with Gasteiger partial charge in [-0.15, -0.1) is 0 Å². The summed E-state index contributed by atoms with van der Waals surface area (Å²) in [5.74, 6) is 1.39. The highest BCUT2D eigenvalue weighted by Crippen LogP contribution is 2.19. The van der Waals surface area contributed by atoms with Crippen molar-refractivity contribution in [3.05, 3.63) is 29.8 Å². The molecule has 4 nitrogen and oxygen atoms in total. The molecule has 2 atom stereocenters. The number of nitrogens with one attached hydrogen (secondary N) is 2. The first-order valence-electron chi connectivity index (χ1n) is 5.61.